The molecule has 0 spiro atoms. The van der Waals surface area contributed by atoms with Gasteiger partial charge in [-0.2, -0.15) is 0 Å². The van der Waals surface area contributed by atoms with Crippen molar-refractivity contribution in [1.82, 2.24) is 5.32 Å². The first-order valence-electron chi connectivity index (χ1n) is 6.10. The van der Waals surface area contributed by atoms with Gasteiger partial charge in [-0.15, -0.1) is 0 Å². The highest BCUT2D eigenvalue weighted by molar-refractivity contribution is 5.89. The van der Waals surface area contributed by atoms with Crippen LogP contribution in [0.5, 0.6) is 11.5 Å². The number of carbonyl (C=O) groups excluding carboxylic acids is 1. The van der Waals surface area contributed by atoms with E-state index in [1.54, 1.807) is 32.4 Å². The van der Waals surface area contributed by atoms with Gasteiger partial charge in [-0.3, -0.25) is 0 Å². The van der Waals surface area contributed by atoms with Crippen LogP contribution < -0.4 is 20.1 Å². The molecule has 1 fully saturated rings. The van der Waals surface area contributed by atoms with E-state index in [0.29, 0.717) is 30.4 Å². The first-order chi connectivity index (χ1) is 9.22. The summed E-state index contributed by atoms with van der Waals surface area (Å²) in [5.74, 6) is 1.20. The lowest BCUT2D eigenvalue weighted by Crippen LogP contribution is -2.38. The highest BCUT2D eigenvalue weighted by Gasteiger charge is 2.17. The zero-order valence-electron chi connectivity index (χ0n) is 11.1. The van der Waals surface area contributed by atoms with E-state index >= 15 is 0 Å². The zero-order valence-corrected chi connectivity index (χ0v) is 11.1. The standard InChI is InChI=1S/C13H18N2O4/c1-17-11-4-3-9(7-12(11)18-2)14-13(16)15-10-5-6-19-8-10/h3-4,7,10H,5-6,8H2,1-2H3,(H2,14,15,16)/t10-/m1/s1. The van der Waals surface area contributed by atoms with Crippen LogP contribution in [0.2, 0.25) is 0 Å². The number of rotatable bonds is 4. The van der Waals surface area contributed by atoms with Crippen LogP contribution in [0.1, 0.15) is 6.42 Å². The summed E-state index contributed by atoms with van der Waals surface area (Å²) in [5, 5.41) is 5.60. The fourth-order valence-electron chi connectivity index (χ4n) is 1.91. The largest absolute Gasteiger partial charge is 0.493 e. The second kappa shape index (κ2) is 6.29. The van der Waals surface area contributed by atoms with Gasteiger partial charge in [0.2, 0.25) is 0 Å². The van der Waals surface area contributed by atoms with Gasteiger partial charge in [0.05, 0.1) is 26.9 Å². The molecule has 6 heteroatoms. The van der Waals surface area contributed by atoms with E-state index in [2.05, 4.69) is 10.6 Å². The Labute approximate surface area is 112 Å². The van der Waals surface area contributed by atoms with Crippen molar-refractivity contribution in [3.8, 4) is 11.5 Å². The first-order valence-corrected chi connectivity index (χ1v) is 6.10. The number of ether oxygens (including phenoxy) is 3. The van der Waals surface area contributed by atoms with Gasteiger partial charge in [0.15, 0.2) is 11.5 Å². The lowest BCUT2D eigenvalue weighted by Gasteiger charge is -2.13. The number of carbonyl (C=O) groups is 1. The van der Waals surface area contributed by atoms with Crippen LogP contribution >= 0.6 is 0 Å². The van der Waals surface area contributed by atoms with Crippen molar-refractivity contribution in [1.29, 1.82) is 0 Å². The minimum Gasteiger partial charge on any atom is -0.493 e. The Morgan fingerprint density at radius 2 is 2.11 bits per heavy atom. The number of hydrogen-bond acceptors (Lipinski definition) is 4. The topological polar surface area (TPSA) is 68.8 Å². The van der Waals surface area contributed by atoms with Gasteiger partial charge in [0.1, 0.15) is 0 Å². The molecule has 0 radical (unpaired) electrons. The Bertz CT molecular complexity index is 444. The maximum atomic E-state index is 11.8. The third-order valence-electron chi connectivity index (χ3n) is 2.91. The van der Waals surface area contributed by atoms with Gasteiger partial charge in [-0.05, 0) is 18.6 Å². The van der Waals surface area contributed by atoms with Gasteiger partial charge in [0, 0.05) is 18.4 Å². The predicted molar refractivity (Wildman–Crippen MR) is 70.9 cm³/mol. The average molecular weight is 266 g/mol. The maximum absolute atomic E-state index is 11.8. The molecule has 1 aromatic carbocycles. The molecular formula is C13H18N2O4. The normalized spacial score (nSPS) is 17.9. The number of methoxy groups -OCH3 is 2. The van der Waals surface area contributed by atoms with Crippen LogP contribution in [0.3, 0.4) is 0 Å². The molecule has 1 saturated heterocycles. The van der Waals surface area contributed by atoms with E-state index in [1.165, 1.54) is 0 Å². The number of urea groups is 1. The Hall–Kier alpha value is -1.95. The summed E-state index contributed by atoms with van der Waals surface area (Å²) in [6, 6.07) is 5.05. The van der Waals surface area contributed by atoms with Crippen LogP contribution in [-0.2, 0) is 4.74 Å². The van der Waals surface area contributed by atoms with E-state index < -0.39 is 0 Å². The molecule has 19 heavy (non-hydrogen) atoms. The molecule has 0 aromatic heterocycles. The summed E-state index contributed by atoms with van der Waals surface area (Å²) >= 11 is 0. The average Bonchev–Trinajstić information content (AvgIpc) is 2.91. The number of nitrogens with one attached hydrogen (secondary N) is 2. The highest BCUT2D eigenvalue weighted by atomic mass is 16.5. The molecule has 104 valence electrons. The predicted octanol–water partition coefficient (Wildman–Crippen LogP) is 1.61. The second-order valence-corrected chi connectivity index (χ2v) is 4.23. The number of amides is 2. The maximum Gasteiger partial charge on any atom is 0.319 e. The van der Waals surface area contributed by atoms with Crippen molar-refractivity contribution in [3.05, 3.63) is 18.2 Å². The summed E-state index contributed by atoms with van der Waals surface area (Å²) in [7, 11) is 3.12. The highest BCUT2D eigenvalue weighted by Crippen LogP contribution is 2.29. The van der Waals surface area contributed by atoms with Crippen LogP contribution in [0, 0.1) is 0 Å². The van der Waals surface area contributed by atoms with Crippen molar-refractivity contribution < 1.29 is 19.0 Å². The molecule has 0 bridgehead atoms. The molecule has 2 amide bonds. The number of hydrogen-bond donors (Lipinski definition) is 2. The van der Waals surface area contributed by atoms with Crippen LogP contribution in [0.15, 0.2) is 18.2 Å². The molecule has 1 aliphatic heterocycles. The summed E-state index contributed by atoms with van der Waals surface area (Å²) in [6.45, 7) is 1.26. The van der Waals surface area contributed by atoms with Crippen LogP contribution in [0.25, 0.3) is 0 Å². The van der Waals surface area contributed by atoms with Gasteiger partial charge in [-0.1, -0.05) is 0 Å². The first kappa shape index (κ1) is 13.5. The van der Waals surface area contributed by atoms with Crippen molar-refractivity contribution >= 4 is 11.7 Å². The minimum absolute atomic E-state index is 0.0835. The molecule has 0 aliphatic carbocycles. The molecule has 2 N–H and O–H groups in total. The monoisotopic (exact) mass is 266 g/mol. The smallest absolute Gasteiger partial charge is 0.319 e. The SMILES string of the molecule is COc1ccc(NC(=O)N[C@@H]2CCOC2)cc1OC. The van der Waals surface area contributed by atoms with E-state index in [1.807, 2.05) is 0 Å². The van der Waals surface area contributed by atoms with Crippen LogP contribution in [0.4, 0.5) is 10.5 Å². The van der Waals surface area contributed by atoms with Crippen molar-refractivity contribution in [3.63, 3.8) is 0 Å². The Balaban J connectivity index is 1.96. The molecule has 0 saturated carbocycles. The van der Waals surface area contributed by atoms with Crippen molar-refractivity contribution in [2.75, 3.05) is 32.8 Å². The molecule has 1 atom stereocenters. The molecule has 1 heterocycles. The van der Waals surface area contributed by atoms with E-state index in [4.69, 9.17) is 14.2 Å². The number of anilines is 1. The Kier molecular flexibility index (Phi) is 4.46. The van der Waals surface area contributed by atoms with Gasteiger partial charge in [0.25, 0.3) is 0 Å². The number of benzene rings is 1. The lowest BCUT2D eigenvalue weighted by atomic mass is 10.2. The minimum atomic E-state index is -0.247. The van der Waals surface area contributed by atoms with E-state index in [0.717, 1.165) is 6.42 Å². The van der Waals surface area contributed by atoms with Gasteiger partial charge >= 0.3 is 6.03 Å². The molecule has 2 rings (SSSR count). The molecular weight excluding hydrogens is 248 g/mol. The van der Waals surface area contributed by atoms with E-state index in [-0.39, 0.29) is 12.1 Å². The van der Waals surface area contributed by atoms with Crippen molar-refractivity contribution in [2.24, 2.45) is 0 Å². The van der Waals surface area contributed by atoms with Crippen LogP contribution in [-0.4, -0.2) is 39.5 Å². The Morgan fingerprint density at radius 1 is 1.32 bits per heavy atom. The fraction of sp³-hybridized carbons (Fsp3) is 0.462. The lowest BCUT2D eigenvalue weighted by molar-refractivity contribution is 0.189. The van der Waals surface area contributed by atoms with Crippen molar-refractivity contribution in [2.45, 2.75) is 12.5 Å². The summed E-state index contributed by atoms with van der Waals surface area (Å²) in [6.07, 6.45) is 0.847. The fourth-order valence-corrected chi connectivity index (χ4v) is 1.91. The van der Waals surface area contributed by atoms with Gasteiger partial charge in [-0.25, -0.2) is 4.79 Å². The molecule has 6 nitrogen and oxygen atoms in total. The quantitative estimate of drug-likeness (QED) is 0.868. The molecule has 0 unspecified atom stereocenters. The zero-order chi connectivity index (χ0) is 13.7. The van der Waals surface area contributed by atoms with Gasteiger partial charge < -0.3 is 24.8 Å². The third kappa shape index (κ3) is 3.51. The Morgan fingerprint density at radius 3 is 2.74 bits per heavy atom. The van der Waals surface area contributed by atoms with E-state index in [9.17, 15) is 4.79 Å². The molecule has 1 aromatic rings. The summed E-state index contributed by atoms with van der Waals surface area (Å²) < 4.78 is 15.5. The summed E-state index contributed by atoms with van der Waals surface area (Å²) in [4.78, 5) is 11.8. The second-order valence-electron chi connectivity index (χ2n) is 4.23. The summed E-state index contributed by atoms with van der Waals surface area (Å²) in [5.41, 5.74) is 0.647. The third-order valence-corrected chi connectivity index (χ3v) is 2.91. The molecule has 1 aliphatic rings.